The zero-order valence-corrected chi connectivity index (χ0v) is 18.7. The fourth-order valence-corrected chi connectivity index (χ4v) is 1.51. The second kappa shape index (κ2) is 16.1. The number of halogens is 2. The van der Waals surface area contributed by atoms with Crippen LogP contribution >= 0.6 is 46.1 Å². The first-order valence-corrected chi connectivity index (χ1v) is 11.4. The Morgan fingerprint density at radius 3 is 2.18 bits per heavy atom. The Labute approximate surface area is 160 Å². The lowest BCUT2D eigenvalue weighted by molar-refractivity contribution is 0.325. The Morgan fingerprint density at radius 1 is 1.32 bits per heavy atom. The molecule has 0 amide bonds. The van der Waals surface area contributed by atoms with Crippen LogP contribution in [0.4, 0.5) is 0 Å². The van der Waals surface area contributed by atoms with Gasteiger partial charge in [-0.05, 0) is 64.3 Å². The van der Waals surface area contributed by atoms with Gasteiger partial charge in [-0.1, -0.05) is 51.4 Å². The molecule has 0 fully saturated rings. The maximum Gasteiger partial charge on any atom is 0.0665 e. The molecule has 0 aliphatic rings. The quantitative estimate of drug-likeness (QED) is 0.241. The van der Waals surface area contributed by atoms with Gasteiger partial charge in [0.2, 0.25) is 0 Å². The van der Waals surface area contributed by atoms with Crippen LogP contribution in [0.15, 0.2) is 45.6 Å². The number of rotatable bonds is 8. The molecule has 0 rings (SSSR count). The zero-order valence-electron chi connectivity index (χ0n) is 14.1. The van der Waals surface area contributed by atoms with E-state index in [0.717, 1.165) is 33.3 Å². The SMILES string of the molecule is C=C(C)\C(Br)=C/C=C(C)/C(NNC)=C(/CC)CO.CCSI. The lowest BCUT2D eigenvalue weighted by Gasteiger charge is -2.15. The van der Waals surface area contributed by atoms with Crippen LogP contribution in [-0.2, 0) is 0 Å². The minimum absolute atomic E-state index is 0.0526. The van der Waals surface area contributed by atoms with E-state index in [-0.39, 0.29) is 6.61 Å². The Kier molecular flexibility index (Phi) is 17.9. The summed E-state index contributed by atoms with van der Waals surface area (Å²) in [4.78, 5) is 0. The molecule has 0 atom stereocenters. The molecule has 0 heterocycles. The number of aliphatic hydroxyl groups is 1. The minimum Gasteiger partial charge on any atom is -0.392 e. The topological polar surface area (TPSA) is 44.3 Å². The normalized spacial score (nSPS) is 13.1. The fourth-order valence-electron chi connectivity index (χ4n) is 1.38. The molecule has 0 unspecified atom stereocenters. The standard InChI is InChI=1S/C14H23BrN2O.C2H5IS/c1-6-12(9-18)14(17-16-5)11(4)7-8-13(15)10(2)3;1-2-4-3/h7-8,16-18H,2,6,9H2,1,3-5H3;2H2,1H3/b11-7+,13-8+,14-12+;. The smallest absolute Gasteiger partial charge is 0.0665 e. The molecule has 0 spiro atoms. The molecule has 6 heteroatoms. The van der Waals surface area contributed by atoms with Crippen molar-refractivity contribution in [2.24, 2.45) is 0 Å². The molecular weight excluding hydrogens is 475 g/mol. The third-order valence-corrected chi connectivity index (χ3v) is 5.64. The molecule has 3 N–H and O–H groups in total. The number of allylic oxidation sites excluding steroid dienone is 5. The molecule has 128 valence electrons. The van der Waals surface area contributed by atoms with E-state index in [1.54, 1.807) is 7.05 Å². The summed E-state index contributed by atoms with van der Waals surface area (Å²) in [7, 11) is 3.63. The van der Waals surface area contributed by atoms with Crippen molar-refractivity contribution in [2.75, 3.05) is 19.4 Å². The van der Waals surface area contributed by atoms with Gasteiger partial charge in [0.1, 0.15) is 0 Å². The van der Waals surface area contributed by atoms with Crippen LogP contribution in [-0.4, -0.2) is 24.5 Å². The predicted molar refractivity (Wildman–Crippen MR) is 114 cm³/mol. The van der Waals surface area contributed by atoms with Gasteiger partial charge < -0.3 is 10.5 Å². The first kappa shape index (κ1) is 24.5. The maximum atomic E-state index is 9.35. The van der Waals surface area contributed by atoms with Crippen molar-refractivity contribution in [1.29, 1.82) is 0 Å². The first-order chi connectivity index (χ1) is 10.4. The van der Waals surface area contributed by atoms with Crippen molar-refractivity contribution in [3.63, 3.8) is 0 Å². The average Bonchev–Trinajstić information content (AvgIpc) is 2.52. The van der Waals surface area contributed by atoms with Crippen molar-refractivity contribution in [1.82, 2.24) is 10.9 Å². The van der Waals surface area contributed by atoms with Crippen LogP contribution in [0.3, 0.4) is 0 Å². The van der Waals surface area contributed by atoms with Gasteiger partial charge >= 0.3 is 0 Å². The van der Waals surface area contributed by atoms with Crippen molar-refractivity contribution >= 4 is 46.1 Å². The van der Waals surface area contributed by atoms with Gasteiger partial charge in [-0.2, -0.15) is 0 Å². The molecule has 0 saturated heterocycles. The van der Waals surface area contributed by atoms with E-state index in [1.807, 2.05) is 41.9 Å². The summed E-state index contributed by atoms with van der Waals surface area (Å²) in [6, 6.07) is 0. The summed E-state index contributed by atoms with van der Waals surface area (Å²) in [5.74, 6) is 1.22. The van der Waals surface area contributed by atoms with Crippen LogP contribution < -0.4 is 10.9 Å². The zero-order chi connectivity index (χ0) is 17.5. The number of aliphatic hydroxyl groups excluding tert-OH is 1. The van der Waals surface area contributed by atoms with Crippen LogP contribution in [0.1, 0.15) is 34.1 Å². The Balaban J connectivity index is 0. The van der Waals surface area contributed by atoms with Crippen LogP contribution in [0.5, 0.6) is 0 Å². The average molecular weight is 503 g/mol. The van der Waals surface area contributed by atoms with Gasteiger partial charge in [-0.15, -0.1) is 0 Å². The highest BCUT2D eigenvalue weighted by molar-refractivity contribution is 14.2. The van der Waals surface area contributed by atoms with Gasteiger partial charge in [0.25, 0.3) is 0 Å². The highest BCUT2D eigenvalue weighted by Gasteiger charge is 2.05. The van der Waals surface area contributed by atoms with Crippen molar-refractivity contribution in [3.8, 4) is 0 Å². The van der Waals surface area contributed by atoms with Gasteiger partial charge in [0.05, 0.1) is 12.3 Å². The van der Waals surface area contributed by atoms with E-state index in [0.29, 0.717) is 0 Å². The molecule has 0 aromatic carbocycles. The summed E-state index contributed by atoms with van der Waals surface area (Å²) in [6.45, 7) is 12.0. The number of hydrogen-bond donors (Lipinski definition) is 3. The number of hydrogen-bond acceptors (Lipinski definition) is 4. The van der Waals surface area contributed by atoms with Gasteiger partial charge in [0, 0.05) is 17.3 Å². The molecular formula is C16H28BrIN2OS. The minimum atomic E-state index is 0.0526. The molecule has 0 aromatic rings. The Bertz CT molecular complexity index is 412. The van der Waals surface area contributed by atoms with Crippen molar-refractivity contribution in [2.45, 2.75) is 34.1 Å². The molecule has 0 aromatic heterocycles. The van der Waals surface area contributed by atoms with Crippen molar-refractivity contribution in [3.05, 3.63) is 45.6 Å². The molecule has 0 aliphatic heterocycles. The molecule has 0 bridgehead atoms. The van der Waals surface area contributed by atoms with Crippen molar-refractivity contribution < 1.29 is 5.11 Å². The first-order valence-electron chi connectivity index (χ1n) is 7.08. The molecule has 0 saturated carbocycles. The number of nitrogens with one attached hydrogen (secondary N) is 2. The monoisotopic (exact) mass is 502 g/mol. The van der Waals surface area contributed by atoms with E-state index >= 15 is 0 Å². The highest BCUT2D eigenvalue weighted by Crippen LogP contribution is 2.18. The van der Waals surface area contributed by atoms with E-state index < -0.39 is 0 Å². The van der Waals surface area contributed by atoms with Crippen LogP contribution in [0, 0.1) is 0 Å². The third-order valence-electron chi connectivity index (χ3n) is 2.61. The van der Waals surface area contributed by atoms with Gasteiger partial charge in [0.15, 0.2) is 0 Å². The van der Waals surface area contributed by atoms with Crippen LogP contribution in [0.25, 0.3) is 0 Å². The summed E-state index contributed by atoms with van der Waals surface area (Å²) < 4.78 is 0.965. The Morgan fingerprint density at radius 2 is 1.86 bits per heavy atom. The molecule has 3 nitrogen and oxygen atoms in total. The summed E-state index contributed by atoms with van der Waals surface area (Å²) in [5, 5.41) is 9.35. The highest BCUT2D eigenvalue weighted by atomic mass is 127. The Hall–Kier alpha value is 0.240. The lowest BCUT2D eigenvalue weighted by atomic mass is 10.1. The second-order valence-electron chi connectivity index (χ2n) is 4.41. The summed E-state index contributed by atoms with van der Waals surface area (Å²) in [6.07, 6.45) is 4.75. The fraction of sp³-hybridized carbons (Fsp3) is 0.500. The maximum absolute atomic E-state index is 9.35. The number of hydrazine groups is 1. The van der Waals surface area contributed by atoms with E-state index in [2.05, 4.69) is 61.5 Å². The van der Waals surface area contributed by atoms with Gasteiger partial charge in [-0.25, -0.2) is 5.43 Å². The summed E-state index contributed by atoms with van der Waals surface area (Å²) >= 11 is 5.71. The van der Waals surface area contributed by atoms with Gasteiger partial charge in [-0.3, -0.25) is 0 Å². The molecule has 0 radical (unpaired) electrons. The van der Waals surface area contributed by atoms with E-state index in [9.17, 15) is 5.11 Å². The molecule has 0 aliphatic carbocycles. The second-order valence-corrected chi connectivity index (χ2v) is 7.93. The lowest BCUT2D eigenvalue weighted by Crippen LogP contribution is -2.29. The van der Waals surface area contributed by atoms with E-state index in [1.165, 1.54) is 5.75 Å². The third kappa shape index (κ3) is 11.8. The van der Waals surface area contributed by atoms with Crippen LogP contribution in [0.2, 0.25) is 0 Å². The largest absolute Gasteiger partial charge is 0.392 e. The molecule has 22 heavy (non-hydrogen) atoms. The summed E-state index contributed by atoms with van der Waals surface area (Å²) in [5.41, 5.74) is 9.90. The van der Waals surface area contributed by atoms with E-state index in [4.69, 9.17) is 0 Å². The predicted octanol–water partition coefficient (Wildman–Crippen LogP) is 5.26.